The number of carbonyl (C=O) groups excluding carboxylic acids is 1. The molecule has 0 radical (unpaired) electrons. The summed E-state index contributed by atoms with van der Waals surface area (Å²) in [4.78, 5) is 13.5. The van der Waals surface area contributed by atoms with E-state index in [1.165, 1.54) is 30.1 Å². The number of hydrogen-bond acceptors (Lipinski definition) is 4. The number of rotatable bonds is 5. The number of nitrogens with one attached hydrogen (secondary N) is 1. The van der Waals surface area contributed by atoms with Crippen LogP contribution in [0.4, 0.5) is 23.7 Å². The van der Waals surface area contributed by atoms with Gasteiger partial charge in [-0.15, -0.1) is 13.2 Å². The first kappa shape index (κ1) is 18.6. The van der Waals surface area contributed by atoms with E-state index in [4.69, 9.17) is 4.52 Å². The minimum Gasteiger partial charge on any atom is -0.404 e. The highest BCUT2D eigenvalue weighted by Crippen LogP contribution is 2.30. The Labute approximate surface area is 142 Å². The van der Waals surface area contributed by atoms with Crippen LogP contribution in [-0.4, -0.2) is 29.5 Å². The zero-order valence-electron chi connectivity index (χ0n) is 13.9. The fraction of sp³-hybridized carbons (Fsp3) is 0.375. The Morgan fingerprint density at radius 3 is 2.64 bits per heavy atom. The third kappa shape index (κ3) is 5.40. The minimum absolute atomic E-state index is 0.0860. The Morgan fingerprint density at radius 1 is 1.36 bits per heavy atom. The maximum atomic E-state index is 12.4. The quantitative estimate of drug-likeness (QED) is 0.863. The van der Waals surface area contributed by atoms with Gasteiger partial charge in [-0.3, -0.25) is 0 Å². The monoisotopic (exact) mass is 357 g/mol. The van der Waals surface area contributed by atoms with Crippen molar-refractivity contribution in [2.45, 2.75) is 32.7 Å². The first-order chi connectivity index (χ1) is 11.7. The van der Waals surface area contributed by atoms with Crippen LogP contribution in [0, 0.1) is 0 Å². The van der Waals surface area contributed by atoms with E-state index in [0.717, 1.165) is 11.8 Å². The maximum absolute atomic E-state index is 12.4. The summed E-state index contributed by atoms with van der Waals surface area (Å²) in [7, 11) is 1.49. The first-order valence-corrected chi connectivity index (χ1v) is 7.48. The van der Waals surface area contributed by atoms with Gasteiger partial charge in [-0.2, -0.15) is 0 Å². The third-order valence-corrected chi connectivity index (χ3v) is 3.26. The Kier molecular flexibility index (Phi) is 5.55. The number of para-hydroxylation sites is 2. The molecule has 25 heavy (non-hydrogen) atoms. The van der Waals surface area contributed by atoms with E-state index >= 15 is 0 Å². The molecule has 1 aromatic heterocycles. The molecular formula is C16H18F3N3O3. The van der Waals surface area contributed by atoms with Crippen LogP contribution in [0.15, 0.2) is 34.9 Å². The third-order valence-electron chi connectivity index (χ3n) is 3.26. The Balaban J connectivity index is 2.03. The van der Waals surface area contributed by atoms with Crippen molar-refractivity contribution in [1.82, 2.24) is 10.1 Å². The summed E-state index contributed by atoms with van der Waals surface area (Å²) < 4.78 is 46.3. The van der Waals surface area contributed by atoms with Crippen LogP contribution < -0.4 is 10.1 Å². The zero-order chi connectivity index (χ0) is 18.6. The van der Waals surface area contributed by atoms with Gasteiger partial charge in [-0.05, 0) is 18.1 Å². The van der Waals surface area contributed by atoms with Crippen LogP contribution in [-0.2, 0) is 6.54 Å². The largest absolute Gasteiger partial charge is 0.573 e. The molecule has 0 bridgehead atoms. The predicted molar refractivity (Wildman–Crippen MR) is 84.2 cm³/mol. The number of anilines is 1. The van der Waals surface area contributed by atoms with Crippen molar-refractivity contribution in [2.75, 3.05) is 12.4 Å². The second kappa shape index (κ2) is 7.45. The van der Waals surface area contributed by atoms with Gasteiger partial charge in [0.15, 0.2) is 11.5 Å². The molecule has 2 aromatic rings. The Hall–Kier alpha value is -2.71. The van der Waals surface area contributed by atoms with Gasteiger partial charge in [0.25, 0.3) is 0 Å². The molecule has 0 aliphatic rings. The number of nitrogens with zero attached hydrogens (tertiary/aromatic N) is 2. The topological polar surface area (TPSA) is 67.6 Å². The number of ether oxygens (including phenoxy) is 1. The van der Waals surface area contributed by atoms with Gasteiger partial charge in [-0.1, -0.05) is 31.1 Å². The molecule has 1 N–H and O–H groups in total. The van der Waals surface area contributed by atoms with Gasteiger partial charge in [-0.25, -0.2) is 4.79 Å². The van der Waals surface area contributed by atoms with E-state index in [2.05, 4.69) is 15.2 Å². The van der Waals surface area contributed by atoms with Crippen LogP contribution in [0.5, 0.6) is 5.75 Å². The molecule has 136 valence electrons. The lowest BCUT2D eigenvalue weighted by Crippen LogP contribution is -2.31. The number of hydrogen-bond donors (Lipinski definition) is 1. The number of aromatic nitrogens is 1. The molecule has 1 aromatic carbocycles. The van der Waals surface area contributed by atoms with E-state index in [0.29, 0.717) is 5.76 Å². The zero-order valence-corrected chi connectivity index (χ0v) is 13.9. The second-order valence-corrected chi connectivity index (χ2v) is 5.70. The molecule has 0 saturated carbocycles. The second-order valence-electron chi connectivity index (χ2n) is 5.70. The smallest absolute Gasteiger partial charge is 0.404 e. The number of urea groups is 1. The molecule has 0 atom stereocenters. The lowest BCUT2D eigenvalue weighted by atomic mass is 10.1. The van der Waals surface area contributed by atoms with E-state index in [-0.39, 0.29) is 18.2 Å². The Bertz CT molecular complexity index is 729. The summed E-state index contributed by atoms with van der Waals surface area (Å²) in [6, 6.07) is 6.43. The van der Waals surface area contributed by atoms with E-state index in [9.17, 15) is 18.0 Å². The van der Waals surface area contributed by atoms with Gasteiger partial charge in [0, 0.05) is 13.1 Å². The van der Waals surface area contributed by atoms with Crippen molar-refractivity contribution in [3.63, 3.8) is 0 Å². The fourth-order valence-corrected chi connectivity index (χ4v) is 1.98. The van der Waals surface area contributed by atoms with Crippen molar-refractivity contribution in [3.8, 4) is 5.75 Å². The number of amides is 2. The highest BCUT2D eigenvalue weighted by Gasteiger charge is 2.32. The molecule has 0 spiro atoms. The standard InChI is InChI=1S/C16H18F3N3O3/c1-10(2)13-8-11(25-21-13)9-22(3)15(23)20-12-6-4-5-7-14(12)24-16(17,18)19/h4-8,10H,9H2,1-3H3,(H,20,23). The molecule has 0 fully saturated rings. The molecule has 6 nitrogen and oxygen atoms in total. The van der Waals surface area contributed by atoms with Crippen LogP contribution >= 0.6 is 0 Å². The average Bonchev–Trinajstić information content (AvgIpc) is 2.96. The van der Waals surface area contributed by atoms with Gasteiger partial charge >= 0.3 is 12.4 Å². The highest BCUT2D eigenvalue weighted by atomic mass is 19.4. The molecule has 0 aliphatic heterocycles. The predicted octanol–water partition coefficient (Wildman–Crippen LogP) is 4.36. The molecular weight excluding hydrogens is 339 g/mol. The van der Waals surface area contributed by atoms with Crippen molar-refractivity contribution in [1.29, 1.82) is 0 Å². The molecule has 0 unspecified atom stereocenters. The van der Waals surface area contributed by atoms with Gasteiger partial charge in [0.2, 0.25) is 0 Å². The van der Waals surface area contributed by atoms with Crippen LogP contribution in [0.25, 0.3) is 0 Å². The normalized spacial score (nSPS) is 11.5. The number of alkyl halides is 3. The summed E-state index contributed by atoms with van der Waals surface area (Å²) >= 11 is 0. The number of benzene rings is 1. The van der Waals surface area contributed by atoms with Crippen LogP contribution in [0.1, 0.15) is 31.2 Å². The number of carbonyl (C=O) groups is 1. The average molecular weight is 357 g/mol. The lowest BCUT2D eigenvalue weighted by Gasteiger charge is -2.18. The number of halogens is 3. The summed E-state index contributed by atoms with van der Waals surface area (Å²) in [5, 5.41) is 6.27. The SMILES string of the molecule is CC(C)c1cc(CN(C)C(=O)Nc2ccccc2OC(F)(F)F)on1. The minimum atomic E-state index is -4.85. The Morgan fingerprint density at radius 2 is 2.04 bits per heavy atom. The van der Waals surface area contributed by atoms with Crippen LogP contribution in [0.2, 0.25) is 0 Å². The van der Waals surface area contributed by atoms with E-state index in [1.807, 2.05) is 13.8 Å². The molecule has 2 rings (SSSR count). The van der Waals surface area contributed by atoms with Crippen molar-refractivity contribution in [2.24, 2.45) is 0 Å². The van der Waals surface area contributed by atoms with Crippen molar-refractivity contribution in [3.05, 3.63) is 41.8 Å². The van der Waals surface area contributed by atoms with Gasteiger partial charge in [0.05, 0.1) is 17.9 Å². The molecule has 9 heteroatoms. The summed E-state index contributed by atoms with van der Waals surface area (Å²) in [6.45, 7) is 4.03. The highest BCUT2D eigenvalue weighted by molar-refractivity contribution is 5.90. The molecule has 1 heterocycles. The first-order valence-electron chi connectivity index (χ1n) is 7.48. The van der Waals surface area contributed by atoms with E-state index in [1.54, 1.807) is 6.07 Å². The lowest BCUT2D eigenvalue weighted by molar-refractivity contribution is -0.274. The summed E-state index contributed by atoms with van der Waals surface area (Å²) in [6.07, 6.45) is -4.85. The van der Waals surface area contributed by atoms with Crippen molar-refractivity contribution >= 4 is 11.7 Å². The van der Waals surface area contributed by atoms with Gasteiger partial charge in [0.1, 0.15) is 0 Å². The van der Waals surface area contributed by atoms with Crippen LogP contribution in [0.3, 0.4) is 0 Å². The molecule has 0 saturated heterocycles. The fourth-order valence-electron chi connectivity index (χ4n) is 1.98. The van der Waals surface area contributed by atoms with Gasteiger partial charge < -0.3 is 19.5 Å². The van der Waals surface area contributed by atoms with Crippen molar-refractivity contribution < 1.29 is 27.2 Å². The van der Waals surface area contributed by atoms with E-state index < -0.39 is 18.1 Å². The summed E-state index contributed by atoms with van der Waals surface area (Å²) in [5.41, 5.74) is 0.671. The summed E-state index contributed by atoms with van der Waals surface area (Å²) in [5.74, 6) is 0.169. The molecule has 2 amide bonds. The maximum Gasteiger partial charge on any atom is 0.573 e. The molecule has 0 aliphatic carbocycles.